The van der Waals surface area contributed by atoms with E-state index in [0.717, 1.165) is 0 Å². The summed E-state index contributed by atoms with van der Waals surface area (Å²) in [5.41, 5.74) is 0.987. The minimum Gasteiger partial charge on any atom is -0.493 e. The van der Waals surface area contributed by atoms with Gasteiger partial charge in [0.25, 0.3) is 0 Å². The number of carbonyl (C=O) groups is 2. The maximum absolute atomic E-state index is 13.3. The van der Waals surface area contributed by atoms with Crippen LogP contribution in [0.1, 0.15) is 27.7 Å². The number of nitrogens with zero attached hydrogens (tertiary/aromatic N) is 2. The Bertz CT molecular complexity index is 1350. The monoisotopic (exact) mass is 515 g/mol. The summed E-state index contributed by atoms with van der Waals surface area (Å²) in [5, 5.41) is 3.06. The molecule has 1 N–H and O–H groups in total. The van der Waals surface area contributed by atoms with E-state index < -0.39 is 21.5 Å². The fraction of sp³-hybridized carbons (Fsp3) is 0.385. The van der Waals surface area contributed by atoms with E-state index in [2.05, 4.69) is 5.32 Å². The molecule has 0 saturated heterocycles. The van der Waals surface area contributed by atoms with E-state index in [-0.39, 0.29) is 29.4 Å². The number of methoxy groups -OCH3 is 2. The zero-order valence-electron chi connectivity index (χ0n) is 21.4. The molecule has 0 spiro atoms. The lowest BCUT2D eigenvalue weighted by molar-refractivity contribution is -0.135. The van der Waals surface area contributed by atoms with Crippen LogP contribution in [0.5, 0.6) is 11.5 Å². The van der Waals surface area contributed by atoms with Crippen molar-refractivity contribution < 1.29 is 27.5 Å². The fourth-order valence-electron chi connectivity index (χ4n) is 4.35. The van der Waals surface area contributed by atoms with Gasteiger partial charge in [-0.15, -0.1) is 0 Å². The van der Waals surface area contributed by atoms with E-state index in [1.807, 2.05) is 27.7 Å². The summed E-state index contributed by atoms with van der Waals surface area (Å²) in [6.07, 6.45) is 1.44. The average Bonchev–Trinajstić information content (AvgIpc) is 3.17. The molecule has 10 heteroatoms. The SMILES string of the molecule is COc1ccc(NC(=O)CS(=O)(=O)c2cn(CC(=O)N(C(C)C)C(C)C)c3ccccc23)cc1OC. The van der Waals surface area contributed by atoms with Gasteiger partial charge in [0.1, 0.15) is 12.3 Å². The van der Waals surface area contributed by atoms with Crippen LogP contribution in [0.25, 0.3) is 10.9 Å². The zero-order chi connectivity index (χ0) is 26.6. The van der Waals surface area contributed by atoms with E-state index >= 15 is 0 Å². The van der Waals surface area contributed by atoms with Gasteiger partial charge in [0.15, 0.2) is 21.3 Å². The number of sulfone groups is 1. The lowest BCUT2D eigenvalue weighted by atomic mass is 10.2. The number of carbonyl (C=O) groups excluding carboxylic acids is 2. The Morgan fingerprint density at radius 1 is 0.972 bits per heavy atom. The number of nitrogens with one attached hydrogen (secondary N) is 1. The van der Waals surface area contributed by atoms with Crippen molar-refractivity contribution >= 4 is 38.2 Å². The number of rotatable bonds is 10. The van der Waals surface area contributed by atoms with Crippen LogP contribution in [0.4, 0.5) is 5.69 Å². The van der Waals surface area contributed by atoms with Gasteiger partial charge >= 0.3 is 0 Å². The van der Waals surface area contributed by atoms with Gasteiger partial charge < -0.3 is 24.3 Å². The number of anilines is 1. The quantitative estimate of drug-likeness (QED) is 0.441. The topological polar surface area (TPSA) is 107 Å². The first-order chi connectivity index (χ1) is 17.0. The van der Waals surface area contributed by atoms with Crippen LogP contribution in [0, 0.1) is 0 Å². The first-order valence-electron chi connectivity index (χ1n) is 11.6. The third kappa shape index (κ3) is 5.81. The fourth-order valence-corrected chi connectivity index (χ4v) is 5.72. The zero-order valence-corrected chi connectivity index (χ0v) is 22.3. The van der Waals surface area contributed by atoms with Gasteiger partial charge in [-0.3, -0.25) is 9.59 Å². The third-order valence-electron chi connectivity index (χ3n) is 5.78. The molecule has 0 aliphatic rings. The van der Waals surface area contributed by atoms with Crippen LogP contribution in [0.3, 0.4) is 0 Å². The van der Waals surface area contributed by atoms with Gasteiger partial charge in [-0.05, 0) is 45.9 Å². The van der Waals surface area contributed by atoms with Crippen molar-refractivity contribution in [2.75, 3.05) is 25.3 Å². The van der Waals surface area contributed by atoms with E-state index in [9.17, 15) is 18.0 Å². The second-order valence-corrected chi connectivity index (χ2v) is 11.0. The Kier molecular flexibility index (Phi) is 8.29. The van der Waals surface area contributed by atoms with Gasteiger partial charge in [-0.25, -0.2) is 8.42 Å². The molecule has 36 heavy (non-hydrogen) atoms. The van der Waals surface area contributed by atoms with Crippen molar-refractivity contribution in [1.82, 2.24) is 9.47 Å². The molecule has 3 rings (SSSR count). The molecule has 0 unspecified atom stereocenters. The molecular weight excluding hydrogens is 482 g/mol. The maximum atomic E-state index is 13.3. The van der Waals surface area contributed by atoms with Crippen molar-refractivity contribution in [3.63, 3.8) is 0 Å². The minimum absolute atomic E-state index is 0.00260. The average molecular weight is 516 g/mol. The number of fused-ring (bicyclic) bond motifs is 1. The van der Waals surface area contributed by atoms with Gasteiger partial charge in [0.05, 0.1) is 19.1 Å². The number of aromatic nitrogens is 1. The molecule has 0 radical (unpaired) electrons. The first kappa shape index (κ1) is 27.1. The van der Waals surface area contributed by atoms with E-state index in [0.29, 0.717) is 28.1 Å². The van der Waals surface area contributed by atoms with Gasteiger partial charge in [-0.1, -0.05) is 18.2 Å². The molecular formula is C26H33N3O6S. The van der Waals surface area contributed by atoms with Crippen molar-refractivity contribution in [2.45, 2.75) is 51.2 Å². The molecule has 0 saturated carbocycles. The maximum Gasteiger partial charge on any atom is 0.242 e. The highest BCUT2D eigenvalue weighted by molar-refractivity contribution is 7.92. The van der Waals surface area contributed by atoms with Gasteiger partial charge in [0.2, 0.25) is 11.8 Å². The van der Waals surface area contributed by atoms with E-state index in [1.165, 1.54) is 20.4 Å². The highest BCUT2D eigenvalue weighted by atomic mass is 32.2. The number of para-hydroxylation sites is 1. The highest BCUT2D eigenvalue weighted by Gasteiger charge is 2.26. The molecule has 0 aliphatic heterocycles. The highest BCUT2D eigenvalue weighted by Crippen LogP contribution is 2.30. The summed E-state index contributed by atoms with van der Waals surface area (Å²) in [7, 11) is -1.05. The van der Waals surface area contributed by atoms with Crippen LogP contribution >= 0.6 is 0 Å². The lowest BCUT2D eigenvalue weighted by Gasteiger charge is -2.31. The summed E-state index contributed by atoms with van der Waals surface area (Å²) >= 11 is 0. The molecule has 2 amide bonds. The molecule has 9 nitrogen and oxygen atoms in total. The summed E-state index contributed by atoms with van der Waals surface area (Å²) in [6.45, 7) is 7.76. The normalized spacial score (nSPS) is 11.7. The Morgan fingerprint density at radius 2 is 1.61 bits per heavy atom. The van der Waals surface area contributed by atoms with Crippen molar-refractivity contribution in [1.29, 1.82) is 0 Å². The first-order valence-corrected chi connectivity index (χ1v) is 13.3. The summed E-state index contributed by atoms with van der Waals surface area (Å²) in [5.74, 6) is -0.675. The van der Waals surface area contributed by atoms with Crippen molar-refractivity contribution in [3.05, 3.63) is 48.7 Å². The summed E-state index contributed by atoms with van der Waals surface area (Å²) in [6, 6.07) is 11.7. The number of ether oxygens (including phenoxy) is 2. The Labute approximate surface area is 211 Å². The second-order valence-electron chi connectivity index (χ2n) is 9.00. The summed E-state index contributed by atoms with van der Waals surface area (Å²) in [4.78, 5) is 27.5. The molecule has 0 bridgehead atoms. The predicted molar refractivity (Wildman–Crippen MR) is 139 cm³/mol. The number of hydrogen-bond donors (Lipinski definition) is 1. The smallest absolute Gasteiger partial charge is 0.242 e. The van der Waals surface area contributed by atoms with Crippen LogP contribution in [-0.4, -0.2) is 61.8 Å². The Hall–Kier alpha value is -3.53. The number of benzene rings is 2. The van der Waals surface area contributed by atoms with Crippen molar-refractivity contribution in [2.24, 2.45) is 0 Å². The second kappa shape index (κ2) is 11.0. The van der Waals surface area contributed by atoms with Gasteiger partial charge in [-0.2, -0.15) is 0 Å². The molecule has 2 aromatic carbocycles. The van der Waals surface area contributed by atoms with Gasteiger partial charge in [0, 0.05) is 40.9 Å². The Morgan fingerprint density at radius 3 is 2.22 bits per heavy atom. The minimum atomic E-state index is -4.02. The molecule has 1 aromatic heterocycles. The largest absolute Gasteiger partial charge is 0.493 e. The van der Waals surface area contributed by atoms with E-state index in [4.69, 9.17) is 9.47 Å². The number of hydrogen-bond acceptors (Lipinski definition) is 6. The molecule has 1 heterocycles. The molecule has 3 aromatic rings. The lowest BCUT2D eigenvalue weighted by Crippen LogP contribution is -2.43. The predicted octanol–water partition coefficient (Wildman–Crippen LogP) is 3.72. The van der Waals surface area contributed by atoms with E-state index in [1.54, 1.807) is 51.9 Å². The van der Waals surface area contributed by atoms with Crippen molar-refractivity contribution in [3.8, 4) is 11.5 Å². The van der Waals surface area contributed by atoms with Crippen LogP contribution in [0.15, 0.2) is 53.6 Å². The van der Waals surface area contributed by atoms with Crippen LogP contribution in [0.2, 0.25) is 0 Å². The molecule has 0 fully saturated rings. The standard InChI is InChI=1S/C26H33N3O6S/c1-17(2)29(18(3)4)26(31)15-28-14-24(20-9-7-8-10-21(20)28)36(32,33)16-25(30)27-19-11-12-22(34-5)23(13-19)35-6/h7-14,17-18H,15-16H2,1-6H3,(H,27,30). The third-order valence-corrected chi connectivity index (χ3v) is 7.42. The molecule has 0 aliphatic carbocycles. The molecule has 0 atom stereocenters. The Balaban J connectivity index is 1.87. The van der Waals surface area contributed by atoms with Crippen LogP contribution in [-0.2, 0) is 26.0 Å². The number of amides is 2. The van der Waals surface area contributed by atoms with Crippen LogP contribution < -0.4 is 14.8 Å². The summed E-state index contributed by atoms with van der Waals surface area (Å²) < 4.78 is 38.7. The molecule has 194 valence electrons.